The summed E-state index contributed by atoms with van der Waals surface area (Å²) in [6.45, 7) is 2.67. The molecule has 0 saturated heterocycles. The van der Waals surface area contributed by atoms with Crippen molar-refractivity contribution in [3.8, 4) is 11.5 Å². The molecule has 0 saturated carbocycles. The highest BCUT2D eigenvalue weighted by atomic mass is 32.2. The Kier molecular flexibility index (Phi) is 5.71. The molecule has 0 radical (unpaired) electrons. The number of sulfonamides is 1. The lowest BCUT2D eigenvalue weighted by Gasteiger charge is -2.12. The highest BCUT2D eigenvalue weighted by molar-refractivity contribution is 7.89. The van der Waals surface area contributed by atoms with Crippen LogP contribution in [-0.2, 0) is 16.4 Å². The van der Waals surface area contributed by atoms with Crippen molar-refractivity contribution >= 4 is 26.7 Å². The first kappa shape index (κ1) is 19.9. The standard InChI is InChI=1S/C20H23N3O4S/c1-13-10-20(23-17-12-19(27-3)18(26-2)11-16(13)17)22-9-8-14-4-6-15(7-5-14)28(21,24)25/h4-7,10-12H,8-9H2,1-3H3,(H,22,23)(H2,21,24,25). The van der Waals surface area contributed by atoms with E-state index in [0.29, 0.717) is 18.0 Å². The monoisotopic (exact) mass is 401 g/mol. The van der Waals surface area contributed by atoms with Crippen molar-refractivity contribution in [2.24, 2.45) is 5.14 Å². The average molecular weight is 401 g/mol. The second-order valence-corrected chi connectivity index (χ2v) is 7.98. The first-order chi connectivity index (χ1) is 13.3. The number of rotatable bonds is 7. The SMILES string of the molecule is COc1cc2nc(NCCc3ccc(S(N)(=O)=O)cc3)cc(C)c2cc1OC. The molecular weight excluding hydrogens is 378 g/mol. The van der Waals surface area contributed by atoms with E-state index in [9.17, 15) is 8.42 Å². The Morgan fingerprint density at radius 3 is 2.29 bits per heavy atom. The third-order valence-electron chi connectivity index (χ3n) is 4.49. The first-order valence-electron chi connectivity index (χ1n) is 8.71. The number of hydrogen-bond acceptors (Lipinski definition) is 6. The molecule has 1 aromatic heterocycles. The number of nitrogens with two attached hydrogens (primary N) is 1. The van der Waals surface area contributed by atoms with E-state index in [4.69, 9.17) is 14.6 Å². The number of nitrogens with zero attached hydrogens (tertiary/aromatic N) is 1. The summed E-state index contributed by atoms with van der Waals surface area (Å²) < 4.78 is 33.3. The van der Waals surface area contributed by atoms with Crippen LogP contribution in [0.5, 0.6) is 11.5 Å². The maximum atomic E-state index is 11.3. The Hall–Kier alpha value is -2.84. The highest BCUT2D eigenvalue weighted by Gasteiger charge is 2.10. The molecule has 2 aromatic carbocycles. The van der Waals surface area contributed by atoms with Gasteiger partial charge in [0.2, 0.25) is 10.0 Å². The predicted octanol–water partition coefficient (Wildman–Crippen LogP) is 2.86. The number of pyridine rings is 1. The molecule has 0 bridgehead atoms. The van der Waals surface area contributed by atoms with Crippen molar-refractivity contribution in [3.63, 3.8) is 0 Å². The van der Waals surface area contributed by atoms with E-state index in [2.05, 4.69) is 10.3 Å². The van der Waals surface area contributed by atoms with Gasteiger partial charge >= 0.3 is 0 Å². The second-order valence-electron chi connectivity index (χ2n) is 6.41. The predicted molar refractivity (Wildman–Crippen MR) is 110 cm³/mol. The molecule has 0 spiro atoms. The van der Waals surface area contributed by atoms with E-state index >= 15 is 0 Å². The molecule has 8 heteroatoms. The summed E-state index contributed by atoms with van der Waals surface area (Å²) >= 11 is 0. The van der Waals surface area contributed by atoms with Crippen LogP contribution >= 0.6 is 0 Å². The van der Waals surface area contributed by atoms with Crippen LogP contribution in [0, 0.1) is 6.92 Å². The minimum Gasteiger partial charge on any atom is -0.493 e. The van der Waals surface area contributed by atoms with E-state index in [-0.39, 0.29) is 4.90 Å². The summed E-state index contributed by atoms with van der Waals surface area (Å²) in [5, 5.41) is 9.43. The maximum Gasteiger partial charge on any atom is 0.238 e. The first-order valence-corrected chi connectivity index (χ1v) is 10.3. The van der Waals surface area contributed by atoms with Gasteiger partial charge in [-0.1, -0.05) is 12.1 Å². The lowest BCUT2D eigenvalue weighted by atomic mass is 10.1. The van der Waals surface area contributed by atoms with Gasteiger partial charge in [-0.15, -0.1) is 0 Å². The summed E-state index contributed by atoms with van der Waals surface area (Å²) in [5.74, 6) is 2.07. The minimum atomic E-state index is -3.66. The van der Waals surface area contributed by atoms with Gasteiger partial charge in [0.05, 0.1) is 24.6 Å². The smallest absolute Gasteiger partial charge is 0.238 e. The normalized spacial score (nSPS) is 11.4. The topological polar surface area (TPSA) is 104 Å². The third kappa shape index (κ3) is 4.35. The molecule has 28 heavy (non-hydrogen) atoms. The summed E-state index contributed by atoms with van der Waals surface area (Å²) in [4.78, 5) is 4.77. The average Bonchev–Trinajstić information content (AvgIpc) is 2.66. The quantitative estimate of drug-likeness (QED) is 0.631. The Morgan fingerprint density at radius 2 is 1.68 bits per heavy atom. The van der Waals surface area contributed by atoms with Crippen LogP contribution in [0.4, 0.5) is 5.82 Å². The maximum absolute atomic E-state index is 11.3. The summed E-state index contributed by atoms with van der Waals surface area (Å²) in [5.41, 5.74) is 2.90. The molecule has 3 rings (SSSR count). The number of aryl methyl sites for hydroxylation is 1. The fourth-order valence-electron chi connectivity index (χ4n) is 2.99. The molecule has 7 nitrogen and oxygen atoms in total. The Morgan fingerprint density at radius 1 is 1.04 bits per heavy atom. The molecular formula is C20H23N3O4S. The van der Waals surface area contributed by atoms with Crippen LogP contribution in [0.3, 0.4) is 0 Å². The molecule has 3 aromatic rings. The number of hydrogen-bond donors (Lipinski definition) is 2. The van der Waals surface area contributed by atoms with Crippen molar-refractivity contribution in [1.82, 2.24) is 4.98 Å². The van der Waals surface area contributed by atoms with Gasteiger partial charge in [0.25, 0.3) is 0 Å². The molecule has 0 atom stereocenters. The van der Waals surface area contributed by atoms with E-state index < -0.39 is 10.0 Å². The van der Waals surface area contributed by atoms with Crippen LogP contribution in [0.15, 0.2) is 47.4 Å². The molecule has 0 aliphatic rings. The van der Waals surface area contributed by atoms with E-state index in [1.807, 2.05) is 25.1 Å². The van der Waals surface area contributed by atoms with Gasteiger partial charge in [0, 0.05) is 18.0 Å². The number of anilines is 1. The van der Waals surface area contributed by atoms with Gasteiger partial charge in [-0.3, -0.25) is 0 Å². The van der Waals surface area contributed by atoms with E-state index in [0.717, 1.165) is 34.3 Å². The van der Waals surface area contributed by atoms with Gasteiger partial charge in [0.1, 0.15) is 5.82 Å². The second kappa shape index (κ2) is 8.04. The van der Waals surface area contributed by atoms with Gasteiger partial charge in [-0.25, -0.2) is 18.5 Å². The molecule has 0 aliphatic carbocycles. The van der Waals surface area contributed by atoms with Gasteiger partial charge < -0.3 is 14.8 Å². The number of fused-ring (bicyclic) bond motifs is 1. The number of primary sulfonamides is 1. The summed E-state index contributed by atoms with van der Waals surface area (Å²) in [6, 6.07) is 12.3. The molecule has 1 heterocycles. The zero-order chi connectivity index (χ0) is 20.3. The van der Waals surface area contributed by atoms with Crippen molar-refractivity contribution in [2.45, 2.75) is 18.2 Å². The summed E-state index contributed by atoms with van der Waals surface area (Å²) in [6.07, 6.45) is 0.718. The van der Waals surface area contributed by atoms with Crippen LogP contribution < -0.4 is 19.9 Å². The van der Waals surface area contributed by atoms with Crippen molar-refractivity contribution in [1.29, 1.82) is 0 Å². The Bertz CT molecular complexity index is 1100. The van der Waals surface area contributed by atoms with Crippen molar-refractivity contribution < 1.29 is 17.9 Å². The Labute approximate surface area is 164 Å². The molecule has 3 N–H and O–H groups in total. The molecule has 0 fully saturated rings. The van der Waals surface area contributed by atoms with Crippen LogP contribution in [-0.4, -0.2) is 34.2 Å². The molecule has 0 aliphatic heterocycles. The lowest BCUT2D eigenvalue weighted by Crippen LogP contribution is -2.12. The van der Waals surface area contributed by atoms with Crippen LogP contribution in [0.1, 0.15) is 11.1 Å². The largest absolute Gasteiger partial charge is 0.493 e. The van der Waals surface area contributed by atoms with Gasteiger partial charge in [-0.05, 0) is 48.7 Å². The zero-order valence-electron chi connectivity index (χ0n) is 16.0. The van der Waals surface area contributed by atoms with Crippen molar-refractivity contribution in [3.05, 3.63) is 53.6 Å². The fourth-order valence-corrected chi connectivity index (χ4v) is 3.51. The van der Waals surface area contributed by atoms with Gasteiger partial charge in [-0.2, -0.15) is 0 Å². The molecule has 0 unspecified atom stereocenters. The number of nitrogens with one attached hydrogen (secondary N) is 1. The van der Waals surface area contributed by atoms with E-state index in [1.165, 1.54) is 12.1 Å². The number of benzene rings is 2. The fraction of sp³-hybridized carbons (Fsp3) is 0.250. The Balaban J connectivity index is 1.74. The number of ether oxygens (including phenoxy) is 2. The summed E-state index contributed by atoms with van der Waals surface area (Å²) in [7, 11) is -0.458. The van der Waals surface area contributed by atoms with Crippen molar-refractivity contribution in [2.75, 3.05) is 26.1 Å². The van der Waals surface area contributed by atoms with E-state index in [1.54, 1.807) is 26.4 Å². The molecule has 0 amide bonds. The number of aromatic nitrogens is 1. The lowest BCUT2D eigenvalue weighted by molar-refractivity contribution is 0.356. The zero-order valence-corrected chi connectivity index (χ0v) is 16.8. The minimum absolute atomic E-state index is 0.111. The molecule has 148 valence electrons. The van der Waals surface area contributed by atoms with Crippen LogP contribution in [0.2, 0.25) is 0 Å². The highest BCUT2D eigenvalue weighted by Crippen LogP contribution is 2.33. The van der Waals surface area contributed by atoms with Gasteiger partial charge in [0.15, 0.2) is 11.5 Å². The van der Waals surface area contributed by atoms with Crippen LogP contribution in [0.25, 0.3) is 10.9 Å². The third-order valence-corrected chi connectivity index (χ3v) is 5.42. The number of methoxy groups -OCH3 is 2.